The van der Waals surface area contributed by atoms with Crippen molar-refractivity contribution in [3.05, 3.63) is 36.1 Å². The molecule has 120 valence electrons. The first kappa shape index (κ1) is 15.1. The Kier molecular flexibility index (Phi) is 5.25. The van der Waals surface area contributed by atoms with Crippen LogP contribution in [0.4, 0.5) is 0 Å². The molecule has 1 aromatic carbocycles. The number of oxime groups is 1. The molecule has 0 aliphatic heterocycles. The zero-order chi connectivity index (χ0) is 17.5. The molecule has 0 aliphatic rings. The van der Waals surface area contributed by atoms with E-state index in [0.717, 1.165) is 11.5 Å². The highest BCUT2D eigenvalue weighted by Crippen LogP contribution is 2.26. The van der Waals surface area contributed by atoms with Crippen molar-refractivity contribution in [1.82, 2.24) is 9.36 Å². The van der Waals surface area contributed by atoms with Crippen LogP contribution in [0.25, 0.3) is 0 Å². The minimum Gasteiger partial charge on any atom is -0.479 e. The molecule has 0 aliphatic carbocycles. The number of para-hydroxylation sites is 1. The lowest BCUT2D eigenvalue weighted by molar-refractivity contribution is -0.115. The fraction of sp³-hybridized carbons (Fsp3) is 0.214. The lowest BCUT2D eigenvalue weighted by Crippen LogP contribution is -2.20. The summed E-state index contributed by atoms with van der Waals surface area (Å²) in [4.78, 5) is 23.7. The van der Waals surface area contributed by atoms with Crippen molar-refractivity contribution in [2.24, 2.45) is 10.1 Å². The highest BCUT2D eigenvalue weighted by Gasteiger charge is 2.20. The van der Waals surface area contributed by atoms with E-state index in [2.05, 4.69) is 19.5 Å². The van der Waals surface area contributed by atoms with E-state index in [4.69, 9.17) is 15.7 Å². The number of carbonyl (C=O) groups excluding carboxylic acids is 1. The van der Waals surface area contributed by atoms with Crippen molar-refractivity contribution < 1.29 is 20.5 Å². The van der Waals surface area contributed by atoms with Crippen LogP contribution in [0.2, 0.25) is 0 Å². The molecule has 0 atom stereocenters. The number of rotatable bonds is 5. The van der Waals surface area contributed by atoms with Crippen LogP contribution in [0.3, 0.4) is 0 Å². The number of aromatic nitrogens is 2. The van der Waals surface area contributed by atoms with Crippen molar-refractivity contribution in [2.45, 2.75) is 6.92 Å². The normalized spacial score (nSPS) is 12.6. The molecule has 0 bridgehead atoms. The Bertz CT molecular complexity index is 791. The van der Waals surface area contributed by atoms with E-state index in [9.17, 15) is 4.79 Å². The van der Waals surface area contributed by atoms with E-state index in [0.29, 0.717) is 11.3 Å². The van der Waals surface area contributed by atoms with Crippen LogP contribution in [0, 0.1) is 0 Å². The maximum absolute atomic E-state index is 11.3. The van der Waals surface area contributed by atoms with Crippen LogP contribution < -0.4 is 4.74 Å². The first-order chi connectivity index (χ1) is 11.5. The van der Waals surface area contributed by atoms with E-state index in [1.165, 1.54) is 21.1 Å². The Morgan fingerprint density at radius 1 is 1.35 bits per heavy atom. The van der Waals surface area contributed by atoms with Gasteiger partial charge in [-0.05, 0) is 12.1 Å². The fourth-order valence-corrected chi connectivity index (χ4v) is 2.03. The van der Waals surface area contributed by atoms with E-state index in [-0.39, 0.29) is 23.1 Å². The smallest absolute Gasteiger partial charge is 0.298 e. The number of methoxy groups -OCH3 is 1. The Morgan fingerprint density at radius 2 is 2.13 bits per heavy atom. The second-order valence-corrected chi connectivity index (χ2v) is 4.74. The predicted octanol–water partition coefficient (Wildman–Crippen LogP) is 2.27. The van der Waals surface area contributed by atoms with Gasteiger partial charge in [-0.3, -0.25) is 4.79 Å². The molecule has 9 heteroatoms. The number of aliphatic imine (C=N–C) groups is 1. The molecule has 0 radical (unpaired) electrons. The van der Waals surface area contributed by atoms with Crippen molar-refractivity contribution in [1.29, 1.82) is 0 Å². The summed E-state index contributed by atoms with van der Waals surface area (Å²) in [5.74, 6) is -0.0892. The maximum atomic E-state index is 11.3. The molecule has 8 nitrogen and oxygen atoms in total. The third kappa shape index (κ3) is 4.33. The van der Waals surface area contributed by atoms with Crippen molar-refractivity contribution in [2.75, 3.05) is 14.2 Å². The molecule has 1 heterocycles. The van der Waals surface area contributed by atoms with Gasteiger partial charge in [-0.1, -0.05) is 17.3 Å². The fourth-order valence-electron chi connectivity index (χ4n) is 1.66. The lowest BCUT2D eigenvalue weighted by atomic mass is 10.1. The third-order valence-electron chi connectivity index (χ3n) is 2.48. The van der Waals surface area contributed by atoms with Crippen LogP contribution in [0.1, 0.15) is 13.9 Å². The molecule has 1 aromatic heterocycles. The molecule has 2 aromatic rings. The Labute approximate surface area is 138 Å². The largest absolute Gasteiger partial charge is 0.479 e. The van der Waals surface area contributed by atoms with Crippen molar-refractivity contribution >= 4 is 29.0 Å². The van der Waals surface area contributed by atoms with Gasteiger partial charge in [0.2, 0.25) is 11.8 Å². The number of carbonyl (C=O) groups is 1. The number of benzene rings is 1. The lowest BCUT2D eigenvalue weighted by Gasteiger charge is -2.11. The molecular formula is C14H14N4O4S. The Morgan fingerprint density at radius 3 is 2.74 bits per heavy atom. The third-order valence-corrected chi connectivity index (χ3v) is 2.99. The van der Waals surface area contributed by atoms with E-state index >= 15 is 0 Å². The summed E-state index contributed by atoms with van der Waals surface area (Å²) in [6.07, 6.45) is -0.131. The summed E-state index contributed by atoms with van der Waals surface area (Å²) < 4.78 is 21.9. The SMILES string of the molecule is [2H]c1nsc(Oc2ccccc2/C(=N\OC)C(=NC(C)=O)OC)n1. The van der Waals surface area contributed by atoms with Gasteiger partial charge in [0.15, 0.2) is 5.71 Å². The minimum atomic E-state index is -0.447. The number of nitrogens with zero attached hydrogens (tertiary/aromatic N) is 4. The average molecular weight is 335 g/mol. The van der Waals surface area contributed by atoms with E-state index < -0.39 is 5.91 Å². The molecule has 23 heavy (non-hydrogen) atoms. The van der Waals surface area contributed by atoms with Crippen LogP contribution in [-0.2, 0) is 14.4 Å². The summed E-state index contributed by atoms with van der Waals surface area (Å²) in [6.45, 7) is 1.29. The molecular weight excluding hydrogens is 320 g/mol. The zero-order valence-corrected chi connectivity index (χ0v) is 13.5. The molecule has 0 saturated heterocycles. The van der Waals surface area contributed by atoms with Crippen LogP contribution in [0.5, 0.6) is 10.9 Å². The molecule has 2 rings (SSSR count). The van der Waals surface area contributed by atoms with Gasteiger partial charge in [0.25, 0.3) is 5.19 Å². The quantitative estimate of drug-likeness (QED) is 0.472. The predicted molar refractivity (Wildman–Crippen MR) is 85.1 cm³/mol. The Hall–Kier alpha value is -2.81. The second-order valence-electron chi connectivity index (χ2n) is 4.02. The summed E-state index contributed by atoms with van der Waals surface area (Å²) in [5, 5.41) is 4.09. The summed E-state index contributed by atoms with van der Waals surface area (Å²) >= 11 is 0.945. The number of ether oxygens (including phenoxy) is 2. The number of hydrogen-bond donors (Lipinski definition) is 0. The topological polar surface area (TPSA) is 95.3 Å². The minimum absolute atomic E-state index is 0.0150. The van der Waals surface area contributed by atoms with Crippen molar-refractivity contribution in [3.63, 3.8) is 0 Å². The molecule has 1 amide bonds. The van der Waals surface area contributed by atoms with E-state index in [1.807, 2.05) is 0 Å². The second kappa shape index (κ2) is 7.99. The van der Waals surface area contributed by atoms with Gasteiger partial charge in [0.1, 0.15) is 20.5 Å². The molecule has 0 N–H and O–H groups in total. The average Bonchev–Trinajstić information content (AvgIpc) is 2.96. The summed E-state index contributed by atoms with van der Waals surface area (Å²) in [7, 11) is 2.73. The molecule has 0 unspecified atom stereocenters. The molecule has 0 saturated carbocycles. The maximum Gasteiger partial charge on any atom is 0.298 e. The Balaban J connectivity index is 2.47. The van der Waals surface area contributed by atoms with Gasteiger partial charge in [-0.15, -0.1) is 0 Å². The molecule has 0 fully saturated rings. The standard InChI is InChI=1S/C14H14N4O4S/c1-9(19)17-13(20-2)12(18-21-3)10-6-4-5-7-11(10)22-14-15-8-16-23-14/h4-8H,1-3H3/b17-13?,18-12+/i8D. The van der Waals surface area contributed by atoms with Gasteiger partial charge in [0, 0.05) is 18.5 Å². The van der Waals surface area contributed by atoms with E-state index in [1.54, 1.807) is 24.3 Å². The van der Waals surface area contributed by atoms with Gasteiger partial charge < -0.3 is 14.3 Å². The molecule has 0 spiro atoms. The van der Waals surface area contributed by atoms with Gasteiger partial charge in [-0.25, -0.2) is 0 Å². The zero-order valence-electron chi connectivity index (χ0n) is 13.6. The summed E-state index contributed by atoms with van der Waals surface area (Å²) in [6, 6.07) is 6.88. The van der Waals surface area contributed by atoms with Crippen LogP contribution in [-0.4, -0.2) is 41.1 Å². The highest BCUT2D eigenvalue weighted by atomic mass is 32.1. The van der Waals surface area contributed by atoms with Gasteiger partial charge in [-0.2, -0.15) is 14.3 Å². The monoisotopic (exact) mass is 335 g/mol. The number of hydrogen-bond acceptors (Lipinski definition) is 8. The van der Waals surface area contributed by atoms with Gasteiger partial charge in [0.05, 0.1) is 12.7 Å². The van der Waals surface area contributed by atoms with Crippen LogP contribution in [0.15, 0.2) is 40.7 Å². The first-order valence-electron chi connectivity index (χ1n) is 6.87. The number of amides is 1. The van der Waals surface area contributed by atoms with Crippen molar-refractivity contribution in [3.8, 4) is 10.9 Å². The van der Waals surface area contributed by atoms with Gasteiger partial charge >= 0.3 is 0 Å². The highest BCUT2D eigenvalue weighted by molar-refractivity contribution is 7.07. The van der Waals surface area contributed by atoms with Crippen LogP contribution >= 0.6 is 11.5 Å². The first-order valence-corrected chi connectivity index (χ1v) is 7.14. The summed E-state index contributed by atoms with van der Waals surface area (Å²) in [5.41, 5.74) is 0.657.